The first-order chi connectivity index (χ1) is 12.6. The number of benzene rings is 1. The molecule has 0 radical (unpaired) electrons. The first-order valence-corrected chi connectivity index (χ1v) is 10.0. The average Bonchev–Trinajstić information content (AvgIpc) is 3.17. The van der Waals surface area contributed by atoms with Gasteiger partial charge in [0.1, 0.15) is 6.04 Å². The lowest BCUT2D eigenvalue weighted by molar-refractivity contribution is -0.141. The highest BCUT2D eigenvalue weighted by Gasteiger charge is 2.37. The summed E-state index contributed by atoms with van der Waals surface area (Å²) in [6.07, 6.45) is 7.14. The van der Waals surface area contributed by atoms with Gasteiger partial charge in [-0.1, -0.05) is 25.3 Å². The summed E-state index contributed by atoms with van der Waals surface area (Å²) >= 11 is 0. The minimum Gasteiger partial charge on any atom is -0.375 e. The van der Waals surface area contributed by atoms with E-state index in [1.165, 1.54) is 6.42 Å². The van der Waals surface area contributed by atoms with E-state index in [0.29, 0.717) is 6.54 Å². The molecule has 1 atom stereocenters. The molecule has 1 aliphatic heterocycles. The second-order valence-electron chi connectivity index (χ2n) is 7.58. The molecule has 1 aromatic carbocycles. The molecule has 26 heavy (non-hydrogen) atoms. The molecule has 142 valence electrons. The van der Waals surface area contributed by atoms with E-state index in [1.54, 1.807) is 0 Å². The van der Waals surface area contributed by atoms with Crippen molar-refractivity contribution in [3.63, 3.8) is 0 Å². The van der Waals surface area contributed by atoms with E-state index >= 15 is 0 Å². The van der Waals surface area contributed by atoms with Crippen molar-refractivity contribution in [2.24, 2.45) is 5.92 Å². The molecule has 2 amide bonds. The van der Waals surface area contributed by atoms with Gasteiger partial charge < -0.3 is 15.1 Å². The Bertz CT molecular complexity index is 640. The van der Waals surface area contributed by atoms with Crippen molar-refractivity contribution >= 4 is 23.2 Å². The van der Waals surface area contributed by atoms with Gasteiger partial charge in [0.05, 0.1) is 0 Å². The van der Waals surface area contributed by atoms with E-state index in [1.807, 2.05) is 36.2 Å². The summed E-state index contributed by atoms with van der Waals surface area (Å²) < 4.78 is 0. The van der Waals surface area contributed by atoms with E-state index in [9.17, 15) is 9.59 Å². The summed E-state index contributed by atoms with van der Waals surface area (Å²) in [7, 11) is 2.03. The molecule has 0 aromatic heterocycles. The number of rotatable bonds is 5. The summed E-state index contributed by atoms with van der Waals surface area (Å²) in [6.45, 7) is 3.72. The van der Waals surface area contributed by atoms with Gasteiger partial charge in [0.15, 0.2) is 0 Å². The van der Waals surface area contributed by atoms with Crippen LogP contribution < -0.4 is 10.2 Å². The summed E-state index contributed by atoms with van der Waals surface area (Å²) in [4.78, 5) is 29.7. The van der Waals surface area contributed by atoms with E-state index in [0.717, 1.165) is 56.4 Å². The highest BCUT2D eigenvalue weighted by Crippen LogP contribution is 2.29. The van der Waals surface area contributed by atoms with Crippen LogP contribution in [0.1, 0.15) is 51.9 Å². The van der Waals surface area contributed by atoms with Crippen molar-refractivity contribution in [2.75, 3.05) is 30.4 Å². The first-order valence-electron chi connectivity index (χ1n) is 10.0. The Morgan fingerprint density at radius 3 is 2.65 bits per heavy atom. The van der Waals surface area contributed by atoms with Gasteiger partial charge in [0.2, 0.25) is 11.8 Å². The Balaban J connectivity index is 1.65. The van der Waals surface area contributed by atoms with Gasteiger partial charge in [-0.05, 0) is 50.8 Å². The molecule has 1 saturated heterocycles. The predicted molar refractivity (Wildman–Crippen MR) is 105 cm³/mol. The fraction of sp³-hybridized carbons (Fsp3) is 0.619. The van der Waals surface area contributed by atoms with E-state index in [-0.39, 0.29) is 23.8 Å². The van der Waals surface area contributed by atoms with Crippen LogP contribution >= 0.6 is 0 Å². The van der Waals surface area contributed by atoms with Gasteiger partial charge in [-0.3, -0.25) is 9.59 Å². The second-order valence-corrected chi connectivity index (χ2v) is 7.58. The SMILES string of the molecule is CCN(C)c1cccc(NC(=O)C2CCCN2C(=O)C2CCCCC2)c1. The molecule has 3 rings (SSSR count). The van der Waals surface area contributed by atoms with Crippen molar-refractivity contribution in [1.29, 1.82) is 0 Å². The van der Waals surface area contributed by atoms with Crippen molar-refractivity contribution in [1.82, 2.24) is 4.90 Å². The average molecular weight is 357 g/mol. The van der Waals surface area contributed by atoms with Crippen molar-refractivity contribution in [3.05, 3.63) is 24.3 Å². The van der Waals surface area contributed by atoms with Gasteiger partial charge in [0.25, 0.3) is 0 Å². The maximum absolute atomic E-state index is 12.9. The minimum absolute atomic E-state index is 0.0528. The van der Waals surface area contributed by atoms with Crippen LogP contribution in [0.15, 0.2) is 24.3 Å². The van der Waals surface area contributed by atoms with Crippen molar-refractivity contribution < 1.29 is 9.59 Å². The third-order valence-corrected chi connectivity index (χ3v) is 5.82. The number of anilines is 2. The third-order valence-electron chi connectivity index (χ3n) is 5.82. The van der Waals surface area contributed by atoms with Gasteiger partial charge in [0, 0.05) is 37.4 Å². The number of hydrogen-bond donors (Lipinski definition) is 1. The summed E-state index contributed by atoms with van der Waals surface area (Å²) in [5.41, 5.74) is 1.87. The van der Waals surface area contributed by atoms with Gasteiger partial charge in [-0.25, -0.2) is 0 Å². The largest absolute Gasteiger partial charge is 0.375 e. The lowest BCUT2D eigenvalue weighted by Crippen LogP contribution is -2.46. The second kappa shape index (κ2) is 8.56. The molecule has 1 aliphatic carbocycles. The number of amides is 2. The topological polar surface area (TPSA) is 52.7 Å². The normalized spacial score (nSPS) is 20.8. The lowest BCUT2D eigenvalue weighted by Gasteiger charge is -2.30. The van der Waals surface area contributed by atoms with E-state index in [2.05, 4.69) is 17.1 Å². The molecule has 1 aromatic rings. The molecule has 5 nitrogen and oxygen atoms in total. The van der Waals surface area contributed by atoms with Gasteiger partial charge in [-0.2, -0.15) is 0 Å². The van der Waals surface area contributed by atoms with Crippen LogP contribution in [0.5, 0.6) is 0 Å². The highest BCUT2D eigenvalue weighted by atomic mass is 16.2. The maximum atomic E-state index is 12.9. The number of carbonyl (C=O) groups excluding carboxylic acids is 2. The molecule has 1 unspecified atom stereocenters. The Kier molecular flexibility index (Phi) is 6.17. The first kappa shape index (κ1) is 18.7. The predicted octanol–water partition coefficient (Wildman–Crippen LogP) is 3.65. The number of hydrogen-bond acceptors (Lipinski definition) is 3. The fourth-order valence-corrected chi connectivity index (χ4v) is 4.12. The Hall–Kier alpha value is -2.04. The molecule has 0 spiro atoms. The zero-order valence-electron chi connectivity index (χ0n) is 16.0. The Labute approximate surface area is 156 Å². The molecule has 5 heteroatoms. The van der Waals surface area contributed by atoms with Crippen LogP contribution in [0.4, 0.5) is 11.4 Å². The number of nitrogens with one attached hydrogen (secondary N) is 1. The third kappa shape index (κ3) is 4.19. The fourth-order valence-electron chi connectivity index (χ4n) is 4.12. The van der Waals surface area contributed by atoms with Crippen LogP contribution in [0, 0.1) is 5.92 Å². The molecule has 0 bridgehead atoms. The van der Waals surface area contributed by atoms with Crippen LogP contribution in [-0.4, -0.2) is 42.9 Å². The molecule has 1 heterocycles. The van der Waals surface area contributed by atoms with Crippen molar-refractivity contribution in [3.8, 4) is 0 Å². The molecule has 1 saturated carbocycles. The summed E-state index contributed by atoms with van der Waals surface area (Å²) in [6, 6.07) is 7.57. The standard InChI is InChI=1S/C21H31N3O2/c1-3-23(2)18-12-7-11-17(15-18)22-20(25)19-13-8-14-24(19)21(26)16-9-5-4-6-10-16/h7,11-12,15-16,19H,3-6,8-10,13-14H2,1-2H3,(H,22,25). The van der Waals surface area contributed by atoms with Gasteiger partial charge >= 0.3 is 0 Å². The lowest BCUT2D eigenvalue weighted by atomic mass is 9.88. The minimum atomic E-state index is -0.322. The number of likely N-dealkylation sites (tertiary alicyclic amines) is 1. The van der Waals surface area contributed by atoms with E-state index < -0.39 is 0 Å². The molecule has 1 N–H and O–H groups in total. The zero-order valence-corrected chi connectivity index (χ0v) is 16.0. The van der Waals surface area contributed by atoms with Crippen LogP contribution in [0.25, 0.3) is 0 Å². The summed E-state index contributed by atoms with van der Waals surface area (Å²) in [5.74, 6) is 0.267. The molecule has 2 aliphatic rings. The molecule has 2 fully saturated rings. The number of nitrogens with zero attached hydrogens (tertiary/aromatic N) is 2. The Morgan fingerprint density at radius 1 is 1.15 bits per heavy atom. The van der Waals surface area contributed by atoms with Crippen LogP contribution in [0.2, 0.25) is 0 Å². The van der Waals surface area contributed by atoms with Crippen molar-refractivity contribution in [2.45, 2.75) is 57.9 Å². The Morgan fingerprint density at radius 2 is 1.92 bits per heavy atom. The monoisotopic (exact) mass is 357 g/mol. The summed E-state index contributed by atoms with van der Waals surface area (Å²) in [5, 5.41) is 3.03. The number of carbonyl (C=O) groups is 2. The van der Waals surface area contributed by atoms with Crippen LogP contribution in [0.3, 0.4) is 0 Å². The van der Waals surface area contributed by atoms with E-state index in [4.69, 9.17) is 0 Å². The highest BCUT2D eigenvalue weighted by molar-refractivity contribution is 5.98. The van der Waals surface area contributed by atoms with Gasteiger partial charge in [-0.15, -0.1) is 0 Å². The van der Waals surface area contributed by atoms with Crippen LogP contribution in [-0.2, 0) is 9.59 Å². The maximum Gasteiger partial charge on any atom is 0.247 e. The molecular weight excluding hydrogens is 326 g/mol. The quantitative estimate of drug-likeness (QED) is 0.875. The smallest absolute Gasteiger partial charge is 0.247 e. The zero-order chi connectivity index (χ0) is 18.5. The molecular formula is C21H31N3O2.